The van der Waals surface area contributed by atoms with Gasteiger partial charge in [0.05, 0.1) is 7.11 Å². The molecule has 0 spiro atoms. The van der Waals surface area contributed by atoms with Crippen molar-refractivity contribution in [2.24, 2.45) is 0 Å². The van der Waals surface area contributed by atoms with E-state index in [1.165, 1.54) is 5.56 Å². The number of benzene rings is 2. The highest BCUT2D eigenvalue weighted by Gasteiger charge is 2.22. The van der Waals surface area contributed by atoms with Crippen LogP contribution < -0.4 is 4.74 Å². The van der Waals surface area contributed by atoms with Crippen LogP contribution in [0.2, 0.25) is 0 Å². The molecule has 2 aromatic carbocycles. The van der Waals surface area contributed by atoms with E-state index < -0.39 is 0 Å². The van der Waals surface area contributed by atoms with Gasteiger partial charge in [0.15, 0.2) is 0 Å². The highest BCUT2D eigenvalue weighted by Crippen LogP contribution is 2.20. The van der Waals surface area contributed by atoms with E-state index in [9.17, 15) is 4.79 Å². The summed E-state index contributed by atoms with van der Waals surface area (Å²) in [6.07, 6.45) is 0. The lowest BCUT2D eigenvalue weighted by Gasteiger charge is -2.35. The van der Waals surface area contributed by atoms with Gasteiger partial charge >= 0.3 is 0 Å². The van der Waals surface area contributed by atoms with Crippen molar-refractivity contribution in [2.75, 3.05) is 33.3 Å². The van der Waals surface area contributed by atoms with Crippen molar-refractivity contribution in [3.8, 4) is 5.75 Å². The lowest BCUT2D eigenvalue weighted by atomic mass is 10.1. The zero-order chi connectivity index (χ0) is 16.9. The molecular formula is C20H24N2O2. The monoisotopic (exact) mass is 324 g/mol. The topological polar surface area (TPSA) is 32.8 Å². The van der Waals surface area contributed by atoms with E-state index in [0.717, 1.165) is 49.6 Å². The molecule has 126 valence electrons. The minimum Gasteiger partial charge on any atom is -0.496 e. The summed E-state index contributed by atoms with van der Waals surface area (Å²) in [6, 6.07) is 15.9. The predicted molar refractivity (Wildman–Crippen MR) is 95.4 cm³/mol. The first-order valence-corrected chi connectivity index (χ1v) is 8.37. The van der Waals surface area contributed by atoms with Gasteiger partial charge in [0.2, 0.25) is 0 Å². The van der Waals surface area contributed by atoms with Gasteiger partial charge in [0.1, 0.15) is 5.75 Å². The molecule has 3 rings (SSSR count). The summed E-state index contributed by atoms with van der Waals surface area (Å²) in [5.74, 6) is 1.06. The molecule has 0 unspecified atom stereocenters. The number of carbonyl (C=O) groups is 1. The number of hydrogen-bond donors (Lipinski definition) is 0. The van der Waals surface area contributed by atoms with Crippen molar-refractivity contribution in [1.29, 1.82) is 0 Å². The molecule has 2 aromatic rings. The van der Waals surface area contributed by atoms with E-state index in [1.807, 2.05) is 54.3 Å². The van der Waals surface area contributed by atoms with E-state index in [1.54, 1.807) is 7.11 Å². The zero-order valence-corrected chi connectivity index (χ0v) is 14.4. The Morgan fingerprint density at radius 1 is 1.04 bits per heavy atom. The van der Waals surface area contributed by atoms with Crippen molar-refractivity contribution < 1.29 is 9.53 Å². The first kappa shape index (κ1) is 16.5. The highest BCUT2D eigenvalue weighted by atomic mass is 16.5. The Hall–Kier alpha value is -2.33. The number of carbonyl (C=O) groups excluding carboxylic acids is 1. The molecule has 24 heavy (non-hydrogen) atoms. The molecule has 0 aliphatic carbocycles. The Morgan fingerprint density at radius 3 is 2.50 bits per heavy atom. The summed E-state index contributed by atoms with van der Waals surface area (Å²) >= 11 is 0. The van der Waals surface area contributed by atoms with Crippen molar-refractivity contribution >= 4 is 5.91 Å². The summed E-state index contributed by atoms with van der Waals surface area (Å²) in [6.45, 7) is 6.17. The van der Waals surface area contributed by atoms with Crippen LogP contribution in [0.5, 0.6) is 5.75 Å². The normalized spacial score (nSPS) is 15.3. The first-order chi connectivity index (χ1) is 11.7. The highest BCUT2D eigenvalue weighted by molar-refractivity contribution is 5.94. The largest absolute Gasteiger partial charge is 0.496 e. The molecule has 0 N–H and O–H groups in total. The van der Waals surface area contributed by atoms with Crippen LogP contribution in [0, 0.1) is 6.92 Å². The number of hydrogen-bond acceptors (Lipinski definition) is 3. The first-order valence-electron chi connectivity index (χ1n) is 8.37. The van der Waals surface area contributed by atoms with Crippen molar-refractivity contribution in [1.82, 2.24) is 9.80 Å². The number of aryl methyl sites for hydroxylation is 1. The molecule has 1 aliphatic rings. The quantitative estimate of drug-likeness (QED) is 0.867. The van der Waals surface area contributed by atoms with Gasteiger partial charge in [-0.05, 0) is 25.1 Å². The standard InChI is InChI=1S/C20H24N2O2/c1-16-6-5-8-17(14-16)20(23)22-12-10-21(11-13-22)15-18-7-3-4-9-19(18)24-2/h3-9,14H,10-13,15H2,1-2H3. The Morgan fingerprint density at radius 2 is 1.79 bits per heavy atom. The van der Waals surface area contributed by atoms with Gasteiger partial charge in [-0.25, -0.2) is 0 Å². The number of piperazine rings is 1. The molecule has 1 fully saturated rings. The summed E-state index contributed by atoms with van der Waals surface area (Å²) < 4.78 is 5.42. The maximum absolute atomic E-state index is 12.6. The Kier molecular flexibility index (Phi) is 5.16. The number of methoxy groups -OCH3 is 1. The maximum atomic E-state index is 12.6. The molecule has 1 heterocycles. The zero-order valence-electron chi connectivity index (χ0n) is 14.4. The Balaban J connectivity index is 1.58. The number of rotatable bonds is 4. The van der Waals surface area contributed by atoms with E-state index in [0.29, 0.717) is 0 Å². The van der Waals surface area contributed by atoms with Crippen LogP contribution >= 0.6 is 0 Å². The van der Waals surface area contributed by atoms with Crippen molar-refractivity contribution in [3.63, 3.8) is 0 Å². The van der Waals surface area contributed by atoms with Crippen LogP contribution in [0.1, 0.15) is 21.5 Å². The van der Waals surface area contributed by atoms with Crippen LogP contribution in [0.15, 0.2) is 48.5 Å². The summed E-state index contributed by atoms with van der Waals surface area (Å²) in [4.78, 5) is 16.9. The summed E-state index contributed by atoms with van der Waals surface area (Å²) in [7, 11) is 1.71. The molecule has 1 amide bonds. The van der Waals surface area contributed by atoms with Gasteiger partial charge in [-0.1, -0.05) is 35.9 Å². The molecule has 0 radical (unpaired) electrons. The molecule has 4 nitrogen and oxygen atoms in total. The third-order valence-corrected chi connectivity index (χ3v) is 4.51. The summed E-state index contributed by atoms with van der Waals surface area (Å²) in [5, 5.41) is 0. The number of ether oxygens (including phenoxy) is 1. The number of para-hydroxylation sites is 1. The molecule has 0 bridgehead atoms. The van der Waals surface area contributed by atoms with Crippen LogP contribution in [0.3, 0.4) is 0 Å². The fraction of sp³-hybridized carbons (Fsp3) is 0.350. The molecular weight excluding hydrogens is 300 g/mol. The van der Waals surface area contributed by atoms with Gasteiger partial charge in [-0.3, -0.25) is 9.69 Å². The van der Waals surface area contributed by atoms with Gasteiger partial charge in [0, 0.05) is 43.9 Å². The molecule has 0 aromatic heterocycles. The third-order valence-electron chi connectivity index (χ3n) is 4.51. The third kappa shape index (κ3) is 3.77. The average molecular weight is 324 g/mol. The lowest BCUT2D eigenvalue weighted by molar-refractivity contribution is 0.0627. The van der Waals surface area contributed by atoms with E-state index in [2.05, 4.69) is 11.0 Å². The van der Waals surface area contributed by atoms with Crippen molar-refractivity contribution in [3.05, 3.63) is 65.2 Å². The average Bonchev–Trinajstić information content (AvgIpc) is 2.62. The molecule has 4 heteroatoms. The summed E-state index contributed by atoms with van der Waals surface area (Å²) in [5.41, 5.74) is 3.10. The second kappa shape index (κ2) is 7.49. The van der Waals surface area contributed by atoms with Crippen LogP contribution in [-0.4, -0.2) is 49.0 Å². The van der Waals surface area contributed by atoms with Gasteiger partial charge in [0.25, 0.3) is 5.91 Å². The van der Waals surface area contributed by atoms with E-state index >= 15 is 0 Å². The maximum Gasteiger partial charge on any atom is 0.253 e. The fourth-order valence-corrected chi connectivity index (χ4v) is 3.14. The van der Waals surface area contributed by atoms with Gasteiger partial charge in [-0.15, -0.1) is 0 Å². The van der Waals surface area contributed by atoms with Gasteiger partial charge < -0.3 is 9.64 Å². The van der Waals surface area contributed by atoms with E-state index in [4.69, 9.17) is 4.74 Å². The van der Waals surface area contributed by atoms with E-state index in [-0.39, 0.29) is 5.91 Å². The lowest BCUT2D eigenvalue weighted by Crippen LogP contribution is -2.48. The second-order valence-electron chi connectivity index (χ2n) is 6.25. The SMILES string of the molecule is COc1ccccc1CN1CCN(C(=O)c2cccc(C)c2)CC1. The minimum atomic E-state index is 0.135. The number of amides is 1. The predicted octanol–water partition coefficient (Wildman–Crippen LogP) is 2.96. The number of nitrogens with zero attached hydrogens (tertiary/aromatic N) is 2. The molecule has 1 aliphatic heterocycles. The molecule has 0 saturated carbocycles. The molecule has 1 saturated heterocycles. The Bertz CT molecular complexity index is 706. The Labute approximate surface area is 143 Å². The smallest absolute Gasteiger partial charge is 0.253 e. The van der Waals surface area contributed by atoms with Crippen LogP contribution in [0.25, 0.3) is 0 Å². The second-order valence-corrected chi connectivity index (χ2v) is 6.25. The minimum absolute atomic E-state index is 0.135. The van der Waals surface area contributed by atoms with Crippen LogP contribution in [-0.2, 0) is 6.54 Å². The van der Waals surface area contributed by atoms with Crippen molar-refractivity contribution in [2.45, 2.75) is 13.5 Å². The van der Waals surface area contributed by atoms with Gasteiger partial charge in [-0.2, -0.15) is 0 Å². The molecule has 0 atom stereocenters. The van der Waals surface area contributed by atoms with Crippen LogP contribution in [0.4, 0.5) is 0 Å². The fourth-order valence-electron chi connectivity index (χ4n) is 3.14.